The van der Waals surface area contributed by atoms with Crippen LogP contribution >= 0.6 is 0 Å². The van der Waals surface area contributed by atoms with E-state index in [4.69, 9.17) is 5.73 Å². The van der Waals surface area contributed by atoms with E-state index in [1.54, 1.807) is 0 Å². The minimum atomic E-state index is 0.268. The molecular weight excluding hydrogens is 236 g/mol. The van der Waals surface area contributed by atoms with Crippen LogP contribution in [0.3, 0.4) is 0 Å². The van der Waals surface area contributed by atoms with Crippen LogP contribution in [0.15, 0.2) is 30.5 Å². The van der Waals surface area contributed by atoms with E-state index in [0.29, 0.717) is 0 Å². The number of rotatable bonds is 4. The SMILES string of the molecule is NCC1(CNc2cnnc3ccccc23)CCCC1. The monoisotopic (exact) mass is 256 g/mol. The molecule has 1 saturated carbocycles. The summed E-state index contributed by atoms with van der Waals surface area (Å²) in [4.78, 5) is 0. The average molecular weight is 256 g/mol. The van der Waals surface area contributed by atoms with Gasteiger partial charge in [-0.3, -0.25) is 0 Å². The van der Waals surface area contributed by atoms with Gasteiger partial charge in [-0.1, -0.05) is 31.0 Å². The first-order valence-corrected chi connectivity index (χ1v) is 6.97. The highest BCUT2D eigenvalue weighted by Crippen LogP contribution is 2.37. The van der Waals surface area contributed by atoms with E-state index in [0.717, 1.165) is 29.7 Å². The van der Waals surface area contributed by atoms with Crippen LogP contribution < -0.4 is 11.1 Å². The minimum Gasteiger partial charge on any atom is -0.383 e. The van der Waals surface area contributed by atoms with Gasteiger partial charge < -0.3 is 11.1 Å². The molecule has 2 aromatic rings. The van der Waals surface area contributed by atoms with Crippen molar-refractivity contribution in [3.63, 3.8) is 0 Å². The number of aromatic nitrogens is 2. The van der Waals surface area contributed by atoms with Gasteiger partial charge in [-0.2, -0.15) is 10.2 Å². The highest BCUT2D eigenvalue weighted by molar-refractivity contribution is 5.90. The lowest BCUT2D eigenvalue weighted by molar-refractivity contribution is 0.332. The fourth-order valence-electron chi connectivity index (χ4n) is 3.01. The zero-order valence-corrected chi connectivity index (χ0v) is 11.1. The number of benzene rings is 1. The molecule has 1 aromatic carbocycles. The normalized spacial score (nSPS) is 17.7. The van der Waals surface area contributed by atoms with Gasteiger partial charge in [-0.25, -0.2) is 0 Å². The lowest BCUT2D eigenvalue weighted by Crippen LogP contribution is -2.34. The highest BCUT2D eigenvalue weighted by Gasteiger charge is 2.32. The molecule has 0 atom stereocenters. The summed E-state index contributed by atoms with van der Waals surface area (Å²) in [6.45, 7) is 1.69. The van der Waals surface area contributed by atoms with Crippen molar-refractivity contribution in [3.8, 4) is 0 Å². The average Bonchev–Trinajstić information content (AvgIpc) is 2.94. The number of anilines is 1. The van der Waals surface area contributed by atoms with Gasteiger partial charge in [0.25, 0.3) is 0 Å². The summed E-state index contributed by atoms with van der Waals surface area (Å²) in [6, 6.07) is 8.08. The quantitative estimate of drug-likeness (QED) is 0.882. The van der Waals surface area contributed by atoms with Crippen LogP contribution in [0.5, 0.6) is 0 Å². The van der Waals surface area contributed by atoms with Gasteiger partial charge in [0.05, 0.1) is 17.4 Å². The van der Waals surface area contributed by atoms with Crippen molar-refractivity contribution in [1.29, 1.82) is 0 Å². The zero-order valence-electron chi connectivity index (χ0n) is 11.1. The van der Waals surface area contributed by atoms with Crippen LogP contribution in [0.4, 0.5) is 5.69 Å². The molecule has 0 unspecified atom stereocenters. The molecule has 0 spiro atoms. The third-order valence-corrected chi connectivity index (χ3v) is 4.30. The number of hydrogen-bond acceptors (Lipinski definition) is 4. The van der Waals surface area contributed by atoms with Crippen LogP contribution in [-0.4, -0.2) is 23.3 Å². The lowest BCUT2D eigenvalue weighted by atomic mass is 9.86. The van der Waals surface area contributed by atoms with Crippen molar-refractivity contribution in [3.05, 3.63) is 30.5 Å². The van der Waals surface area contributed by atoms with E-state index in [1.165, 1.54) is 25.7 Å². The predicted molar refractivity (Wildman–Crippen MR) is 78.0 cm³/mol. The largest absolute Gasteiger partial charge is 0.383 e. The first-order chi connectivity index (χ1) is 9.33. The molecule has 1 aromatic heterocycles. The first kappa shape index (κ1) is 12.4. The van der Waals surface area contributed by atoms with Crippen molar-refractivity contribution >= 4 is 16.6 Å². The van der Waals surface area contributed by atoms with Crippen LogP contribution in [0.25, 0.3) is 10.9 Å². The summed E-state index contributed by atoms with van der Waals surface area (Å²) in [7, 11) is 0. The van der Waals surface area contributed by atoms with E-state index in [-0.39, 0.29) is 5.41 Å². The van der Waals surface area contributed by atoms with Gasteiger partial charge in [-0.15, -0.1) is 0 Å². The van der Waals surface area contributed by atoms with Gasteiger partial charge in [0.1, 0.15) is 0 Å². The Kier molecular flexibility index (Phi) is 3.34. The second-order valence-electron chi connectivity index (χ2n) is 5.54. The Labute approximate surface area is 113 Å². The molecule has 1 fully saturated rings. The molecule has 0 bridgehead atoms. The molecule has 3 rings (SSSR count). The molecule has 3 N–H and O–H groups in total. The maximum absolute atomic E-state index is 5.98. The molecule has 100 valence electrons. The molecule has 0 amide bonds. The van der Waals surface area contributed by atoms with Crippen molar-refractivity contribution in [2.45, 2.75) is 25.7 Å². The summed E-state index contributed by atoms with van der Waals surface area (Å²) < 4.78 is 0. The van der Waals surface area contributed by atoms with Gasteiger partial charge in [0.2, 0.25) is 0 Å². The van der Waals surface area contributed by atoms with E-state index < -0.39 is 0 Å². The number of hydrogen-bond donors (Lipinski definition) is 2. The van der Waals surface area contributed by atoms with Gasteiger partial charge in [0, 0.05) is 11.9 Å². The summed E-state index contributed by atoms with van der Waals surface area (Å²) in [5.41, 5.74) is 8.24. The molecule has 1 aliphatic rings. The Hall–Kier alpha value is -1.68. The molecule has 19 heavy (non-hydrogen) atoms. The van der Waals surface area contributed by atoms with Gasteiger partial charge >= 0.3 is 0 Å². The van der Waals surface area contributed by atoms with Crippen molar-refractivity contribution in [2.24, 2.45) is 11.1 Å². The van der Waals surface area contributed by atoms with Crippen LogP contribution in [0, 0.1) is 5.41 Å². The Morgan fingerprint density at radius 1 is 1.21 bits per heavy atom. The number of fused-ring (bicyclic) bond motifs is 1. The molecule has 0 saturated heterocycles. The van der Waals surface area contributed by atoms with Crippen LogP contribution in [-0.2, 0) is 0 Å². The van der Waals surface area contributed by atoms with Crippen molar-refractivity contribution in [2.75, 3.05) is 18.4 Å². The Morgan fingerprint density at radius 2 is 2.00 bits per heavy atom. The number of nitrogens with two attached hydrogens (primary N) is 1. The summed E-state index contributed by atoms with van der Waals surface area (Å²) in [5, 5.41) is 12.9. The Bertz CT molecular complexity index is 556. The standard InChI is InChI=1S/C15H20N4/c16-10-15(7-3-4-8-15)11-17-14-9-18-19-13-6-2-1-5-12(13)14/h1-2,5-6,9H,3-4,7-8,10-11,16H2,(H,17,19). The second kappa shape index (κ2) is 5.13. The topological polar surface area (TPSA) is 63.8 Å². The van der Waals surface area contributed by atoms with E-state index in [2.05, 4.69) is 21.6 Å². The molecule has 0 radical (unpaired) electrons. The Morgan fingerprint density at radius 3 is 2.79 bits per heavy atom. The highest BCUT2D eigenvalue weighted by atomic mass is 15.1. The smallest absolute Gasteiger partial charge is 0.0950 e. The lowest BCUT2D eigenvalue weighted by Gasteiger charge is -2.28. The first-order valence-electron chi connectivity index (χ1n) is 6.97. The Balaban J connectivity index is 1.82. The maximum atomic E-state index is 5.98. The number of nitrogens with zero attached hydrogens (tertiary/aromatic N) is 2. The molecular formula is C15H20N4. The third-order valence-electron chi connectivity index (χ3n) is 4.30. The summed E-state index contributed by atoms with van der Waals surface area (Å²) in [6.07, 6.45) is 6.86. The third kappa shape index (κ3) is 2.40. The van der Waals surface area contributed by atoms with Gasteiger partial charge in [-0.05, 0) is 30.9 Å². The van der Waals surface area contributed by atoms with E-state index in [9.17, 15) is 0 Å². The van der Waals surface area contributed by atoms with Gasteiger partial charge in [0.15, 0.2) is 0 Å². The zero-order chi connectivity index (χ0) is 13.1. The number of nitrogens with one attached hydrogen (secondary N) is 1. The van der Waals surface area contributed by atoms with E-state index in [1.807, 2.05) is 24.4 Å². The minimum absolute atomic E-state index is 0.268. The van der Waals surface area contributed by atoms with Crippen molar-refractivity contribution < 1.29 is 0 Å². The van der Waals surface area contributed by atoms with Crippen molar-refractivity contribution in [1.82, 2.24) is 10.2 Å². The summed E-state index contributed by atoms with van der Waals surface area (Å²) >= 11 is 0. The molecule has 1 heterocycles. The van der Waals surface area contributed by atoms with Crippen LogP contribution in [0.2, 0.25) is 0 Å². The molecule has 0 aliphatic heterocycles. The molecule has 1 aliphatic carbocycles. The van der Waals surface area contributed by atoms with E-state index >= 15 is 0 Å². The maximum Gasteiger partial charge on any atom is 0.0950 e. The predicted octanol–water partition coefficient (Wildman–Crippen LogP) is 2.56. The molecule has 4 nitrogen and oxygen atoms in total. The fourth-order valence-corrected chi connectivity index (χ4v) is 3.01. The second-order valence-corrected chi connectivity index (χ2v) is 5.54. The molecule has 4 heteroatoms. The summed E-state index contributed by atoms with van der Waals surface area (Å²) in [5.74, 6) is 0. The van der Waals surface area contributed by atoms with Crippen LogP contribution in [0.1, 0.15) is 25.7 Å². The fraction of sp³-hybridized carbons (Fsp3) is 0.467.